The van der Waals surface area contributed by atoms with Crippen LogP contribution in [0.2, 0.25) is 0 Å². The van der Waals surface area contributed by atoms with Crippen molar-refractivity contribution in [2.45, 2.75) is 31.9 Å². The Labute approximate surface area is 142 Å². The Morgan fingerprint density at radius 1 is 1.30 bits per heavy atom. The highest BCUT2D eigenvalue weighted by atomic mass is 35.5. The minimum Gasteiger partial charge on any atom is -0.338 e. The summed E-state index contributed by atoms with van der Waals surface area (Å²) in [7, 11) is 0. The molecular weight excluding hydrogens is 324 g/mol. The van der Waals surface area contributed by atoms with Crippen LogP contribution < -0.4 is 5.73 Å². The van der Waals surface area contributed by atoms with Crippen LogP contribution in [0.1, 0.15) is 24.9 Å². The van der Waals surface area contributed by atoms with Crippen LogP contribution >= 0.6 is 12.4 Å². The maximum Gasteiger partial charge on any atom is 0.251 e. The van der Waals surface area contributed by atoms with Crippen molar-refractivity contribution in [1.82, 2.24) is 9.80 Å². The molecule has 1 amide bonds. The SMILES string of the molecule is CCC1CN(C(=O)C(N)c2ccccc2)CCN1CC(F)F.Cl. The Balaban J connectivity index is 0.00000264. The lowest BCUT2D eigenvalue weighted by Crippen LogP contribution is -2.56. The fraction of sp³-hybridized carbons (Fsp3) is 0.562. The molecule has 0 radical (unpaired) electrons. The van der Waals surface area contributed by atoms with Crippen molar-refractivity contribution < 1.29 is 13.6 Å². The first-order valence-corrected chi connectivity index (χ1v) is 7.64. The van der Waals surface area contributed by atoms with Gasteiger partial charge in [-0.3, -0.25) is 9.69 Å². The van der Waals surface area contributed by atoms with Crippen molar-refractivity contribution in [3.63, 3.8) is 0 Å². The Hall–Kier alpha value is -1.24. The third-order valence-corrected chi connectivity index (χ3v) is 4.18. The quantitative estimate of drug-likeness (QED) is 0.889. The zero-order valence-electron chi connectivity index (χ0n) is 13.2. The van der Waals surface area contributed by atoms with Gasteiger partial charge in [-0.1, -0.05) is 37.3 Å². The maximum absolute atomic E-state index is 12.6. The minimum atomic E-state index is -2.34. The van der Waals surface area contributed by atoms with E-state index in [9.17, 15) is 13.6 Å². The number of amides is 1. The molecule has 1 fully saturated rings. The van der Waals surface area contributed by atoms with Gasteiger partial charge in [0.05, 0.1) is 6.54 Å². The maximum atomic E-state index is 12.6. The Kier molecular flexibility index (Phi) is 7.88. The number of carbonyl (C=O) groups excluding carboxylic acids is 1. The van der Waals surface area contributed by atoms with Gasteiger partial charge in [-0.2, -0.15) is 0 Å². The van der Waals surface area contributed by atoms with E-state index in [4.69, 9.17) is 5.73 Å². The Morgan fingerprint density at radius 2 is 1.96 bits per heavy atom. The van der Waals surface area contributed by atoms with Gasteiger partial charge in [0.25, 0.3) is 6.43 Å². The highest BCUT2D eigenvalue weighted by Crippen LogP contribution is 2.19. The summed E-state index contributed by atoms with van der Waals surface area (Å²) in [6, 6.07) is 8.49. The molecule has 1 aromatic rings. The van der Waals surface area contributed by atoms with E-state index in [0.717, 1.165) is 12.0 Å². The zero-order chi connectivity index (χ0) is 16.1. The first kappa shape index (κ1) is 19.8. The van der Waals surface area contributed by atoms with Crippen LogP contribution in [0.15, 0.2) is 30.3 Å². The molecule has 1 heterocycles. The van der Waals surface area contributed by atoms with Gasteiger partial charge in [-0.05, 0) is 12.0 Å². The summed E-state index contributed by atoms with van der Waals surface area (Å²) in [6.45, 7) is 3.10. The normalized spacial score (nSPS) is 20.2. The van der Waals surface area contributed by atoms with Crippen LogP contribution in [0, 0.1) is 0 Å². The van der Waals surface area contributed by atoms with Crippen LogP contribution in [-0.2, 0) is 4.79 Å². The van der Waals surface area contributed by atoms with E-state index < -0.39 is 12.5 Å². The molecule has 2 N–H and O–H groups in total. The first-order valence-electron chi connectivity index (χ1n) is 7.64. The molecule has 130 valence electrons. The van der Waals surface area contributed by atoms with Crippen molar-refractivity contribution in [2.24, 2.45) is 5.73 Å². The molecule has 0 aromatic heterocycles. The number of halogens is 3. The Bertz CT molecular complexity index is 489. The van der Waals surface area contributed by atoms with Crippen LogP contribution in [0.5, 0.6) is 0 Å². The lowest BCUT2D eigenvalue weighted by atomic mass is 10.0. The number of benzene rings is 1. The average Bonchev–Trinajstić information content (AvgIpc) is 2.54. The molecule has 1 aliphatic heterocycles. The molecule has 0 bridgehead atoms. The second-order valence-corrected chi connectivity index (χ2v) is 5.62. The molecule has 23 heavy (non-hydrogen) atoms. The van der Waals surface area contributed by atoms with Gasteiger partial charge in [0.1, 0.15) is 6.04 Å². The first-order chi connectivity index (χ1) is 10.5. The second-order valence-electron chi connectivity index (χ2n) is 5.62. The van der Waals surface area contributed by atoms with E-state index in [1.807, 2.05) is 37.3 Å². The minimum absolute atomic E-state index is 0. The molecule has 4 nitrogen and oxygen atoms in total. The van der Waals surface area contributed by atoms with Crippen molar-refractivity contribution >= 4 is 18.3 Å². The zero-order valence-corrected chi connectivity index (χ0v) is 14.0. The van der Waals surface area contributed by atoms with E-state index in [0.29, 0.717) is 19.6 Å². The smallest absolute Gasteiger partial charge is 0.251 e. The summed E-state index contributed by atoms with van der Waals surface area (Å²) >= 11 is 0. The Morgan fingerprint density at radius 3 is 2.52 bits per heavy atom. The largest absolute Gasteiger partial charge is 0.338 e. The predicted octanol–water partition coefficient (Wildman–Crippen LogP) is 2.30. The number of nitrogens with two attached hydrogens (primary N) is 1. The second kappa shape index (κ2) is 9.15. The molecule has 0 aliphatic carbocycles. The lowest BCUT2D eigenvalue weighted by molar-refractivity contribution is -0.136. The number of carbonyl (C=O) groups is 1. The van der Waals surface area contributed by atoms with Crippen molar-refractivity contribution in [3.8, 4) is 0 Å². The summed E-state index contributed by atoms with van der Waals surface area (Å²) in [4.78, 5) is 16.0. The van der Waals surface area contributed by atoms with Crippen molar-refractivity contribution in [1.29, 1.82) is 0 Å². The molecular formula is C16H24ClF2N3O. The molecule has 2 unspecified atom stereocenters. The van der Waals surface area contributed by atoms with E-state index in [1.54, 1.807) is 9.80 Å². The van der Waals surface area contributed by atoms with Gasteiger partial charge in [-0.15, -0.1) is 12.4 Å². The summed E-state index contributed by atoms with van der Waals surface area (Å²) in [5, 5.41) is 0. The molecule has 1 aliphatic rings. The van der Waals surface area contributed by atoms with Gasteiger partial charge < -0.3 is 10.6 Å². The fourth-order valence-corrected chi connectivity index (χ4v) is 2.90. The highest BCUT2D eigenvalue weighted by Gasteiger charge is 2.32. The summed E-state index contributed by atoms with van der Waals surface area (Å²) in [6.07, 6.45) is -1.61. The summed E-state index contributed by atoms with van der Waals surface area (Å²) in [5.74, 6) is -0.138. The fourth-order valence-electron chi connectivity index (χ4n) is 2.90. The predicted molar refractivity (Wildman–Crippen MR) is 88.9 cm³/mol. The number of hydrogen-bond acceptors (Lipinski definition) is 3. The summed E-state index contributed by atoms with van der Waals surface area (Å²) in [5.41, 5.74) is 6.82. The molecule has 1 aromatic carbocycles. The van der Waals surface area contributed by atoms with Crippen LogP contribution in [-0.4, -0.2) is 54.4 Å². The van der Waals surface area contributed by atoms with Crippen molar-refractivity contribution in [3.05, 3.63) is 35.9 Å². The van der Waals surface area contributed by atoms with Gasteiger partial charge in [0.2, 0.25) is 5.91 Å². The monoisotopic (exact) mass is 347 g/mol. The summed E-state index contributed by atoms with van der Waals surface area (Å²) < 4.78 is 25.2. The lowest BCUT2D eigenvalue weighted by Gasteiger charge is -2.41. The molecule has 7 heteroatoms. The number of nitrogens with zero attached hydrogens (tertiary/aromatic N) is 2. The molecule has 2 atom stereocenters. The van der Waals surface area contributed by atoms with Gasteiger partial charge >= 0.3 is 0 Å². The van der Waals surface area contributed by atoms with E-state index >= 15 is 0 Å². The van der Waals surface area contributed by atoms with E-state index in [-0.39, 0.29) is 30.9 Å². The van der Waals surface area contributed by atoms with Crippen LogP contribution in [0.4, 0.5) is 8.78 Å². The molecule has 0 saturated carbocycles. The highest BCUT2D eigenvalue weighted by molar-refractivity contribution is 5.85. The molecule has 0 spiro atoms. The topological polar surface area (TPSA) is 49.6 Å². The third kappa shape index (κ3) is 5.12. The number of alkyl halides is 2. The van der Waals surface area contributed by atoms with Crippen LogP contribution in [0.3, 0.4) is 0 Å². The number of rotatable bonds is 5. The van der Waals surface area contributed by atoms with E-state index in [1.165, 1.54) is 0 Å². The number of piperazine rings is 1. The van der Waals surface area contributed by atoms with Gasteiger partial charge in [-0.25, -0.2) is 8.78 Å². The van der Waals surface area contributed by atoms with Gasteiger partial charge in [0, 0.05) is 25.7 Å². The van der Waals surface area contributed by atoms with Gasteiger partial charge in [0.15, 0.2) is 0 Å². The van der Waals surface area contributed by atoms with Crippen molar-refractivity contribution in [2.75, 3.05) is 26.2 Å². The average molecular weight is 348 g/mol. The molecule has 2 rings (SSSR count). The molecule has 1 saturated heterocycles. The van der Waals surface area contributed by atoms with Crippen LogP contribution in [0.25, 0.3) is 0 Å². The van der Waals surface area contributed by atoms with E-state index in [2.05, 4.69) is 0 Å². The number of hydrogen-bond donors (Lipinski definition) is 1. The standard InChI is InChI=1S/C16H23F2N3O.ClH/c1-2-13-10-21(9-8-20(13)11-14(17)18)16(22)15(19)12-6-4-3-5-7-12;/h3-7,13-15H,2,8-11,19H2,1H3;1H. The third-order valence-electron chi connectivity index (χ3n) is 4.18.